The summed E-state index contributed by atoms with van der Waals surface area (Å²) in [6, 6.07) is 7.37. The molecule has 2 heterocycles. The Morgan fingerprint density at radius 2 is 1.63 bits per heavy atom. The van der Waals surface area contributed by atoms with Crippen molar-refractivity contribution in [3.8, 4) is 0 Å². The third-order valence-corrected chi connectivity index (χ3v) is 5.10. The summed E-state index contributed by atoms with van der Waals surface area (Å²) in [5, 5.41) is 9.53. The molecule has 0 aliphatic heterocycles. The fourth-order valence-electron chi connectivity index (χ4n) is 3.33. The van der Waals surface area contributed by atoms with Gasteiger partial charge in [-0.15, -0.1) is 0 Å². The highest BCUT2D eigenvalue weighted by Gasteiger charge is 2.15. The molecule has 1 N–H and O–H groups in total. The maximum atomic E-state index is 11.6. The molecule has 0 fully saturated rings. The Kier molecular flexibility index (Phi) is 7.65. The minimum atomic E-state index is -1.03. The molecule has 1 aromatic carbocycles. The third-order valence-electron chi connectivity index (χ3n) is 5.10. The summed E-state index contributed by atoms with van der Waals surface area (Å²) >= 11 is 0. The molecule has 0 saturated carbocycles. The minimum Gasteiger partial charge on any atom is -0.476 e. The molecule has 3 rings (SSSR count). The van der Waals surface area contributed by atoms with E-state index < -0.39 is 5.97 Å². The van der Waals surface area contributed by atoms with Crippen molar-refractivity contribution in [1.29, 1.82) is 0 Å². The van der Waals surface area contributed by atoms with Crippen molar-refractivity contribution in [3.05, 3.63) is 53.6 Å². The normalized spacial score (nSPS) is 11.0. The van der Waals surface area contributed by atoms with Gasteiger partial charge in [0.2, 0.25) is 5.95 Å². The SMILES string of the molecule is CCCCN(CCCCc1nc2ccccc2nc1C(=O)O)c1ncc(CC)cn1. The van der Waals surface area contributed by atoms with E-state index in [2.05, 4.69) is 38.7 Å². The Labute approximate surface area is 177 Å². The van der Waals surface area contributed by atoms with E-state index >= 15 is 0 Å². The molecule has 0 atom stereocenters. The zero-order valence-corrected chi connectivity index (χ0v) is 17.7. The van der Waals surface area contributed by atoms with E-state index in [1.54, 1.807) is 6.07 Å². The van der Waals surface area contributed by atoms with Crippen LogP contribution in [0.15, 0.2) is 36.7 Å². The monoisotopic (exact) mass is 407 g/mol. The Hall–Kier alpha value is -3.09. The molecule has 0 aliphatic rings. The van der Waals surface area contributed by atoms with Gasteiger partial charge in [-0.25, -0.2) is 24.7 Å². The number of hydrogen-bond acceptors (Lipinski definition) is 6. The molecule has 3 aromatic rings. The largest absolute Gasteiger partial charge is 0.476 e. The molecule has 0 unspecified atom stereocenters. The van der Waals surface area contributed by atoms with E-state index in [0.29, 0.717) is 17.6 Å². The van der Waals surface area contributed by atoms with Gasteiger partial charge in [-0.2, -0.15) is 0 Å². The number of carboxylic acid groups (broad SMARTS) is 1. The number of aromatic carboxylic acids is 1. The molecular formula is C23H29N5O2. The predicted molar refractivity (Wildman–Crippen MR) is 118 cm³/mol. The number of aryl methyl sites for hydroxylation is 2. The maximum Gasteiger partial charge on any atom is 0.356 e. The average Bonchev–Trinajstić information content (AvgIpc) is 2.78. The van der Waals surface area contributed by atoms with Gasteiger partial charge in [0, 0.05) is 25.5 Å². The fraction of sp³-hybridized carbons (Fsp3) is 0.435. The summed E-state index contributed by atoms with van der Waals surface area (Å²) in [6.07, 6.45) is 9.20. The number of nitrogens with zero attached hydrogens (tertiary/aromatic N) is 5. The number of fused-ring (bicyclic) bond motifs is 1. The van der Waals surface area contributed by atoms with Crippen molar-refractivity contribution in [2.45, 2.75) is 52.4 Å². The summed E-state index contributed by atoms with van der Waals surface area (Å²) in [5.41, 5.74) is 3.06. The van der Waals surface area contributed by atoms with E-state index in [4.69, 9.17) is 0 Å². The molecular weight excluding hydrogens is 378 g/mol. The number of anilines is 1. The Balaban J connectivity index is 1.65. The molecule has 30 heavy (non-hydrogen) atoms. The van der Waals surface area contributed by atoms with Crippen molar-refractivity contribution < 1.29 is 9.90 Å². The van der Waals surface area contributed by atoms with Crippen LogP contribution in [0.5, 0.6) is 0 Å². The van der Waals surface area contributed by atoms with Gasteiger partial charge in [-0.05, 0) is 49.8 Å². The Bertz CT molecular complexity index is 975. The number of aromatic nitrogens is 4. The second kappa shape index (κ2) is 10.6. The van der Waals surface area contributed by atoms with E-state index in [1.807, 2.05) is 30.6 Å². The molecule has 0 saturated heterocycles. The molecule has 0 spiro atoms. The van der Waals surface area contributed by atoms with Gasteiger partial charge in [0.25, 0.3) is 0 Å². The number of unbranched alkanes of at least 4 members (excludes halogenated alkanes) is 2. The standard InChI is InChI=1S/C23H29N5O2/c1-3-5-13-28(23-24-15-17(4-2)16-25-23)14-9-8-12-20-21(22(29)30)27-19-11-7-6-10-18(19)26-20/h6-7,10-11,15-16H,3-5,8-9,12-14H2,1-2H3,(H,29,30). The molecule has 2 aromatic heterocycles. The molecule has 0 radical (unpaired) electrons. The second-order valence-electron chi connectivity index (χ2n) is 7.36. The van der Waals surface area contributed by atoms with Crippen molar-refractivity contribution in [3.63, 3.8) is 0 Å². The van der Waals surface area contributed by atoms with E-state index in [1.165, 1.54) is 0 Å². The van der Waals surface area contributed by atoms with Crippen molar-refractivity contribution >= 4 is 23.0 Å². The van der Waals surface area contributed by atoms with Gasteiger partial charge < -0.3 is 10.0 Å². The molecule has 0 bridgehead atoms. The predicted octanol–water partition coefficient (Wildman–Crippen LogP) is 4.31. The van der Waals surface area contributed by atoms with Crippen LogP contribution in [0.25, 0.3) is 11.0 Å². The number of carbonyl (C=O) groups is 1. The smallest absolute Gasteiger partial charge is 0.356 e. The van der Waals surface area contributed by atoms with Crippen LogP contribution in [0.1, 0.15) is 61.3 Å². The summed E-state index contributed by atoms with van der Waals surface area (Å²) in [6.45, 7) is 6.01. The summed E-state index contributed by atoms with van der Waals surface area (Å²) in [7, 11) is 0. The van der Waals surface area contributed by atoms with Gasteiger partial charge in [0.1, 0.15) is 0 Å². The van der Waals surface area contributed by atoms with E-state index in [9.17, 15) is 9.90 Å². The second-order valence-corrected chi connectivity index (χ2v) is 7.36. The number of rotatable bonds is 11. The zero-order chi connectivity index (χ0) is 21.3. The molecule has 7 heteroatoms. The van der Waals surface area contributed by atoms with Crippen LogP contribution in [0.2, 0.25) is 0 Å². The lowest BCUT2D eigenvalue weighted by Crippen LogP contribution is -2.27. The average molecular weight is 408 g/mol. The van der Waals surface area contributed by atoms with Gasteiger partial charge >= 0.3 is 5.97 Å². The molecule has 0 amide bonds. The summed E-state index contributed by atoms with van der Waals surface area (Å²) < 4.78 is 0. The first-order valence-electron chi connectivity index (χ1n) is 10.7. The van der Waals surface area contributed by atoms with Crippen LogP contribution >= 0.6 is 0 Å². The van der Waals surface area contributed by atoms with Gasteiger partial charge in [-0.3, -0.25) is 0 Å². The summed E-state index contributed by atoms with van der Waals surface area (Å²) in [4.78, 5) is 31.8. The Morgan fingerprint density at radius 3 is 2.27 bits per heavy atom. The number of benzene rings is 1. The molecule has 0 aliphatic carbocycles. The van der Waals surface area contributed by atoms with Crippen LogP contribution in [-0.4, -0.2) is 44.1 Å². The first kappa shape index (κ1) is 21.6. The van der Waals surface area contributed by atoms with Crippen molar-refractivity contribution in [2.75, 3.05) is 18.0 Å². The lowest BCUT2D eigenvalue weighted by molar-refractivity contribution is 0.0689. The lowest BCUT2D eigenvalue weighted by atomic mass is 10.1. The number of para-hydroxylation sites is 2. The zero-order valence-electron chi connectivity index (χ0n) is 17.7. The topological polar surface area (TPSA) is 92.1 Å². The van der Waals surface area contributed by atoms with Gasteiger partial charge in [-0.1, -0.05) is 32.4 Å². The fourth-order valence-corrected chi connectivity index (χ4v) is 3.33. The first-order valence-corrected chi connectivity index (χ1v) is 10.7. The van der Waals surface area contributed by atoms with Crippen LogP contribution in [0.3, 0.4) is 0 Å². The maximum absolute atomic E-state index is 11.6. The van der Waals surface area contributed by atoms with Crippen molar-refractivity contribution in [2.24, 2.45) is 0 Å². The highest BCUT2D eigenvalue weighted by molar-refractivity contribution is 5.89. The Morgan fingerprint density at radius 1 is 0.967 bits per heavy atom. The molecule has 7 nitrogen and oxygen atoms in total. The highest BCUT2D eigenvalue weighted by atomic mass is 16.4. The summed E-state index contributed by atoms with van der Waals surface area (Å²) in [5.74, 6) is -0.269. The number of carboxylic acids is 1. The first-order chi connectivity index (χ1) is 14.6. The molecule has 158 valence electrons. The minimum absolute atomic E-state index is 0.0510. The lowest BCUT2D eigenvalue weighted by Gasteiger charge is -2.22. The third kappa shape index (κ3) is 5.49. The van der Waals surface area contributed by atoms with E-state index in [-0.39, 0.29) is 5.69 Å². The quantitative estimate of drug-likeness (QED) is 0.474. The van der Waals surface area contributed by atoms with Crippen LogP contribution in [0, 0.1) is 0 Å². The highest BCUT2D eigenvalue weighted by Crippen LogP contribution is 2.16. The van der Waals surface area contributed by atoms with Crippen LogP contribution < -0.4 is 4.90 Å². The van der Waals surface area contributed by atoms with Gasteiger partial charge in [0.05, 0.1) is 16.7 Å². The number of hydrogen-bond donors (Lipinski definition) is 1. The van der Waals surface area contributed by atoms with Crippen molar-refractivity contribution in [1.82, 2.24) is 19.9 Å². The van der Waals surface area contributed by atoms with Crippen LogP contribution in [0.4, 0.5) is 5.95 Å². The van der Waals surface area contributed by atoms with Gasteiger partial charge in [0.15, 0.2) is 5.69 Å². The van der Waals surface area contributed by atoms with Crippen LogP contribution in [-0.2, 0) is 12.8 Å². The van der Waals surface area contributed by atoms with E-state index in [0.717, 1.165) is 62.2 Å².